The summed E-state index contributed by atoms with van der Waals surface area (Å²) in [4.78, 5) is 17.1. The molecule has 0 spiro atoms. The highest BCUT2D eigenvalue weighted by Crippen LogP contribution is 2.31. The second-order valence-electron chi connectivity index (χ2n) is 7.62. The summed E-state index contributed by atoms with van der Waals surface area (Å²) in [6.07, 6.45) is 0. The second kappa shape index (κ2) is 9.70. The van der Waals surface area contributed by atoms with Crippen LogP contribution >= 0.6 is 11.3 Å². The number of rotatable bonds is 7. The lowest BCUT2D eigenvalue weighted by Gasteiger charge is -2.23. The molecule has 1 unspecified atom stereocenters. The van der Waals surface area contributed by atoms with E-state index in [-0.39, 0.29) is 13.1 Å². The van der Waals surface area contributed by atoms with Gasteiger partial charge < -0.3 is 9.87 Å². The first-order chi connectivity index (χ1) is 15.4. The molecule has 3 aromatic carbocycles. The average molecular weight is 465 g/mol. The van der Waals surface area contributed by atoms with Gasteiger partial charge >= 0.3 is 0 Å². The molecule has 8 heteroatoms. The number of aromatic nitrogens is 1. The van der Waals surface area contributed by atoms with E-state index in [1.165, 1.54) is 5.56 Å². The Labute approximate surface area is 193 Å². The highest BCUT2D eigenvalue weighted by atomic mass is 32.2. The summed E-state index contributed by atoms with van der Waals surface area (Å²) in [5, 5.41) is 3.68. The molecule has 0 aliphatic heterocycles. The molecule has 1 amide bonds. The van der Waals surface area contributed by atoms with Crippen molar-refractivity contribution in [1.82, 2.24) is 9.29 Å². The molecule has 1 aromatic heterocycles. The summed E-state index contributed by atoms with van der Waals surface area (Å²) in [6.45, 7) is 3.90. The molecule has 164 valence electrons. The Morgan fingerprint density at radius 3 is 2.41 bits per heavy atom. The molecule has 4 rings (SSSR count). The number of fused-ring (bicyclic) bond motifs is 1. The quantitative estimate of drug-likeness (QED) is 0.398. The van der Waals surface area contributed by atoms with Crippen LogP contribution in [0.15, 0.2) is 66.7 Å². The van der Waals surface area contributed by atoms with Crippen molar-refractivity contribution in [3.8, 4) is 10.6 Å². The van der Waals surface area contributed by atoms with Crippen LogP contribution in [-0.4, -0.2) is 30.5 Å². The van der Waals surface area contributed by atoms with E-state index in [0.717, 1.165) is 36.2 Å². The lowest BCUT2D eigenvalue weighted by atomic mass is 10.1. The summed E-state index contributed by atoms with van der Waals surface area (Å²) in [7, 11) is 0. The van der Waals surface area contributed by atoms with Gasteiger partial charge in [0.05, 0.1) is 16.8 Å². The van der Waals surface area contributed by atoms with E-state index in [2.05, 4.69) is 23.3 Å². The molecule has 6 nitrogen and oxygen atoms in total. The molecule has 0 saturated heterocycles. The van der Waals surface area contributed by atoms with Gasteiger partial charge in [-0.1, -0.05) is 35.9 Å². The van der Waals surface area contributed by atoms with Gasteiger partial charge in [0.25, 0.3) is 0 Å². The van der Waals surface area contributed by atoms with Crippen LogP contribution in [0, 0.1) is 13.8 Å². The molecule has 0 saturated carbocycles. The summed E-state index contributed by atoms with van der Waals surface area (Å²) >= 11 is -0.886. The summed E-state index contributed by atoms with van der Waals surface area (Å²) in [5.74, 6) is -0.399. The van der Waals surface area contributed by atoms with Crippen molar-refractivity contribution in [1.29, 1.82) is 0 Å². The van der Waals surface area contributed by atoms with Crippen molar-refractivity contribution < 1.29 is 13.6 Å². The predicted molar refractivity (Wildman–Crippen MR) is 129 cm³/mol. The van der Waals surface area contributed by atoms with Gasteiger partial charge in [-0.3, -0.25) is 9.00 Å². The van der Waals surface area contributed by atoms with Gasteiger partial charge in [-0.25, -0.2) is 9.29 Å². The number of hydrogen-bond donors (Lipinski definition) is 1. The van der Waals surface area contributed by atoms with Crippen LogP contribution in [0.1, 0.15) is 16.7 Å². The fourth-order valence-corrected chi connectivity index (χ4v) is 4.82. The van der Waals surface area contributed by atoms with Crippen molar-refractivity contribution in [2.75, 3.05) is 11.9 Å². The first kappa shape index (κ1) is 22.3. The normalized spacial score (nSPS) is 12.2. The molecule has 1 heterocycles. The maximum absolute atomic E-state index is 12.4. The topological polar surface area (TPSA) is 85.4 Å². The van der Waals surface area contributed by atoms with E-state index >= 15 is 0 Å². The zero-order chi connectivity index (χ0) is 22.7. The van der Waals surface area contributed by atoms with Crippen molar-refractivity contribution in [2.45, 2.75) is 20.4 Å². The van der Waals surface area contributed by atoms with E-state index in [4.69, 9.17) is 0 Å². The van der Waals surface area contributed by atoms with Crippen molar-refractivity contribution in [3.63, 3.8) is 0 Å². The van der Waals surface area contributed by atoms with Crippen LogP contribution in [0.2, 0.25) is 0 Å². The molecule has 1 atom stereocenters. The molecule has 32 heavy (non-hydrogen) atoms. The van der Waals surface area contributed by atoms with Crippen LogP contribution in [0.5, 0.6) is 0 Å². The third-order valence-corrected chi connectivity index (χ3v) is 6.72. The van der Waals surface area contributed by atoms with E-state index in [0.29, 0.717) is 5.69 Å². The number of aryl methyl sites for hydroxylation is 2. The van der Waals surface area contributed by atoms with Crippen molar-refractivity contribution in [2.24, 2.45) is 0 Å². The number of amides is 1. The highest BCUT2D eigenvalue weighted by Gasteiger charge is 2.13. The smallest absolute Gasteiger partial charge is 0.239 e. The summed E-state index contributed by atoms with van der Waals surface area (Å²) in [5.41, 5.74) is 5.63. The SMILES string of the molecule is Cc1ccc(CN(CC(=O)Nc2ccc(-c3nc4ccc(C)cc4s3)cc2)S(=O)[O-])cc1. The standard InChI is InChI=1S/C24H23N3O3S2/c1-16-3-6-18(7-4-16)14-27(32(29)30)15-23(28)25-20-10-8-19(9-11-20)24-26-21-12-5-17(2)13-22(21)31-24/h3-13H,14-15H2,1-2H3,(H,25,28)(H,29,30)/p-1. The van der Waals surface area contributed by atoms with Crippen LogP contribution in [-0.2, 0) is 22.6 Å². The number of anilines is 1. The fraction of sp³-hybridized carbons (Fsp3) is 0.167. The molecule has 0 bridgehead atoms. The minimum atomic E-state index is -2.51. The third-order valence-electron chi connectivity index (χ3n) is 4.97. The molecule has 4 aromatic rings. The summed E-state index contributed by atoms with van der Waals surface area (Å²) < 4.78 is 25.4. The molecular formula is C24H22N3O3S2-. The summed E-state index contributed by atoms with van der Waals surface area (Å²) in [6, 6.07) is 21.1. The third kappa shape index (κ3) is 5.46. The van der Waals surface area contributed by atoms with E-state index < -0.39 is 17.2 Å². The molecular weight excluding hydrogens is 442 g/mol. The zero-order valence-corrected chi connectivity index (χ0v) is 19.3. The Balaban J connectivity index is 1.40. The minimum absolute atomic E-state index is 0.139. The van der Waals surface area contributed by atoms with Gasteiger partial charge in [-0.05, 0) is 61.4 Å². The number of nitrogens with zero attached hydrogens (tertiary/aromatic N) is 2. The molecule has 0 radical (unpaired) electrons. The van der Waals surface area contributed by atoms with Gasteiger partial charge in [0, 0.05) is 29.1 Å². The second-order valence-corrected chi connectivity index (χ2v) is 9.60. The van der Waals surface area contributed by atoms with Gasteiger partial charge in [-0.15, -0.1) is 11.3 Å². The van der Waals surface area contributed by atoms with Crippen molar-refractivity contribution >= 4 is 44.4 Å². The number of nitrogens with one attached hydrogen (secondary N) is 1. The number of hydrogen-bond acceptors (Lipinski definition) is 5. The van der Waals surface area contributed by atoms with Gasteiger partial charge in [-0.2, -0.15) is 0 Å². The number of carbonyl (C=O) groups excluding carboxylic acids is 1. The Hall–Kier alpha value is -2.91. The average Bonchev–Trinajstić information content (AvgIpc) is 3.18. The Kier molecular flexibility index (Phi) is 6.76. The fourth-order valence-electron chi connectivity index (χ4n) is 3.27. The van der Waals surface area contributed by atoms with E-state index in [1.807, 2.05) is 55.5 Å². The maximum Gasteiger partial charge on any atom is 0.239 e. The van der Waals surface area contributed by atoms with Crippen LogP contribution in [0.4, 0.5) is 5.69 Å². The largest absolute Gasteiger partial charge is 0.760 e. The number of benzene rings is 3. The number of thiazole rings is 1. The first-order valence-electron chi connectivity index (χ1n) is 10.0. The first-order valence-corrected chi connectivity index (χ1v) is 11.9. The minimum Gasteiger partial charge on any atom is -0.760 e. The Morgan fingerprint density at radius 1 is 1.03 bits per heavy atom. The highest BCUT2D eigenvalue weighted by molar-refractivity contribution is 7.76. The molecule has 0 aliphatic carbocycles. The van der Waals surface area contributed by atoms with Gasteiger partial charge in [0.15, 0.2) is 0 Å². The molecule has 0 fully saturated rings. The Bertz CT molecular complexity index is 1270. The lowest BCUT2D eigenvalue weighted by Crippen LogP contribution is -2.34. The van der Waals surface area contributed by atoms with Crippen molar-refractivity contribution in [3.05, 3.63) is 83.4 Å². The van der Waals surface area contributed by atoms with Crippen LogP contribution in [0.3, 0.4) is 0 Å². The number of carbonyl (C=O) groups is 1. The lowest BCUT2D eigenvalue weighted by molar-refractivity contribution is -0.116. The van der Waals surface area contributed by atoms with E-state index in [1.54, 1.807) is 23.5 Å². The predicted octanol–water partition coefficient (Wildman–Crippen LogP) is 4.81. The van der Waals surface area contributed by atoms with Gasteiger partial charge in [0.1, 0.15) is 5.01 Å². The maximum atomic E-state index is 12.4. The Morgan fingerprint density at radius 2 is 1.72 bits per heavy atom. The monoisotopic (exact) mass is 464 g/mol. The zero-order valence-electron chi connectivity index (χ0n) is 17.7. The van der Waals surface area contributed by atoms with Gasteiger partial charge in [0.2, 0.25) is 5.91 Å². The molecule has 0 aliphatic rings. The van der Waals surface area contributed by atoms with E-state index in [9.17, 15) is 13.6 Å². The molecule has 1 N–H and O–H groups in total. The van der Waals surface area contributed by atoms with Crippen LogP contribution in [0.25, 0.3) is 20.8 Å². The van der Waals surface area contributed by atoms with Crippen LogP contribution < -0.4 is 5.32 Å².